The molecule has 4 aliphatic rings. The Morgan fingerprint density at radius 2 is 1.82 bits per heavy atom. The van der Waals surface area contributed by atoms with Crippen LogP contribution in [0.25, 0.3) is 0 Å². The second kappa shape index (κ2) is 9.24. The molecule has 0 aromatic carbocycles. The molecule has 34 heavy (non-hydrogen) atoms. The first-order valence-electron chi connectivity index (χ1n) is 13.8. The zero-order chi connectivity index (χ0) is 25.0. The monoisotopic (exact) mass is 474 g/mol. The fourth-order valence-electron chi connectivity index (χ4n) is 9.65. The topological polar surface area (TPSA) is 69.7 Å². The Labute approximate surface area is 206 Å². The van der Waals surface area contributed by atoms with Crippen molar-refractivity contribution in [3.63, 3.8) is 0 Å². The van der Waals surface area contributed by atoms with Crippen molar-refractivity contribution < 1.29 is 23.9 Å². The van der Waals surface area contributed by atoms with Gasteiger partial charge in [0.05, 0.1) is 7.11 Å². The molecule has 0 amide bonds. The lowest BCUT2D eigenvalue weighted by molar-refractivity contribution is -0.211. The van der Waals surface area contributed by atoms with E-state index in [2.05, 4.69) is 34.6 Å². The van der Waals surface area contributed by atoms with Crippen LogP contribution in [0.1, 0.15) is 92.9 Å². The molecule has 4 rings (SSSR count). The fourth-order valence-corrected chi connectivity index (χ4v) is 9.65. The second-order valence-corrected chi connectivity index (χ2v) is 12.8. The number of ether oxygens (including phenoxy) is 2. The number of hydrogen-bond acceptors (Lipinski definition) is 5. The molecule has 0 N–H and O–H groups in total. The first kappa shape index (κ1) is 25.7. The molecule has 0 aromatic heterocycles. The van der Waals surface area contributed by atoms with Crippen LogP contribution in [-0.4, -0.2) is 30.9 Å². The summed E-state index contributed by atoms with van der Waals surface area (Å²) >= 11 is 0. The van der Waals surface area contributed by atoms with Crippen LogP contribution >= 0.6 is 0 Å². The van der Waals surface area contributed by atoms with Crippen LogP contribution in [0.2, 0.25) is 0 Å². The van der Waals surface area contributed by atoms with E-state index in [0.29, 0.717) is 36.4 Å². The molecule has 0 saturated heterocycles. The maximum absolute atomic E-state index is 14.1. The number of esters is 2. The molecule has 4 fully saturated rings. The van der Waals surface area contributed by atoms with Crippen molar-refractivity contribution >= 4 is 17.7 Å². The highest BCUT2D eigenvalue weighted by molar-refractivity contribution is 5.87. The third kappa shape index (κ3) is 3.84. The molecular weight excluding hydrogens is 428 g/mol. The van der Waals surface area contributed by atoms with Crippen molar-refractivity contribution in [3.8, 4) is 0 Å². The van der Waals surface area contributed by atoms with Gasteiger partial charge >= 0.3 is 11.9 Å². The van der Waals surface area contributed by atoms with E-state index in [4.69, 9.17) is 9.47 Å². The van der Waals surface area contributed by atoms with Gasteiger partial charge in [0.15, 0.2) is 0 Å². The summed E-state index contributed by atoms with van der Waals surface area (Å²) in [6, 6.07) is 0. The molecule has 11 atom stereocenters. The van der Waals surface area contributed by atoms with Crippen molar-refractivity contribution in [1.82, 2.24) is 0 Å². The Morgan fingerprint density at radius 3 is 2.44 bits per heavy atom. The average molecular weight is 475 g/mol. The lowest BCUT2D eigenvalue weighted by atomic mass is 9.40. The zero-order valence-electron chi connectivity index (χ0n) is 22.4. The van der Waals surface area contributed by atoms with Crippen molar-refractivity contribution in [3.05, 3.63) is 0 Å². The van der Waals surface area contributed by atoms with E-state index >= 15 is 0 Å². The standard InChI is InChI=1S/C29H46O5/c1-8-19-22-13-16(2)11-12-28(22,5)23-15-24(31)29(6)20(17(3)14-25(32)33-7)9-10-21(29)26(23)27(19)34-18(4)30/h16-17,19-23,26-27H,8-15H2,1-7H3/t16-,17-,19-,20-,21?,22+,23?,26?,27-,28+,29-/m1/s1. The van der Waals surface area contributed by atoms with E-state index in [-0.39, 0.29) is 53.0 Å². The van der Waals surface area contributed by atoms with Gasteiger partial charge in [0.25, 0.3) is 0 Å². The predicted molar refractivity (Wildman–Crippen MR) is 131 cm³/mol. The molecule has 0 aliphatic heterocycles. The van der Waals surface area contributed by atoms with Gasteiger partial charge in [-0.3, -0.25) is 14.4 Å². The van der Waals surface area contributed by atoms with Crippen molar-refractivity contribution in [2.75, 3.05) is 7.11 Å². The molecule has 0 heterocycles. The van der Waals surface area contributed by atoms with Gasteiger partial charge in [0.1, 0.15) is 11.9 Å². The minimum atomic E-state index is -0.462. The van der Waals surface area contributed by atoms with Crippen LogP contribution < -0.4 is 0 Å². The molecule has 0 radical (unpaired) electrons. The van der Waals surface area contributed by atoms with Gasteiger partial charge in [-0.2, -0.15) is 0 Å². The molecule has 3 unspecified atom stereocenters. The number of fused-ring (bicyclic) bond motifs is 5. The lowest BCUT2D eigenvalue weighted by Gasteiger charge is -2.64. The Hall–Kier alpha value is -1.39. The van der Waals surface area contributed by atoms with Crippen molar-refractivity contribution in [1.29, 1.82) is 0 Å². The Balaban J connectivity index is 1.75. The molecule has 5 nitrogen and oxygen atoms in total. The summed E-state index contributed by atoms with van der Waals surface area (Å²) < 4.78 is 11.2. The van der Waals surface area contributed by atoms with E-state index in [0.717, 1.165) is 19.3 Å². The van der Waals surface area contributed by atoms with Gasteiger partial charge in [0.2, 0.25) is 0 Å². The summed E-state index contributed by atoms with van der Waals surface area (Å²) in [5, 5.41) is 0. The van der Waals surface area contributed by atoms with Crippen molar-refractivity contribution in [2.24, 2.45) is 58.2 Å². The molecule has 192 valence electrons. The van der Waals surface area contributed by atoms with E-state index < -0.39 is 5.41 Å². The van der Waals surface area contributed by atoms with Gasteiger partial charge in [0, 0.05) is 31.1 Å². The lowest BCUT2D eigenvalue weighted by Crippen LogP contribution is -2.64. The summed E-state index contributed by atoms with van der Waals surface area (Å²) in [6.45, 7) is 12.9. The maximum atomic E-state index is 14.1. The molecule has 0 spiro atoms. The minimum Gasteiger partial charge on any atom is -0.469 e. The quantitative estimate of drug-likeness (QED) is 0.468. The van der Waals surface area contributed by atoms with E-state index in [1.54, 1.807) is 6.92 Å². The molecular formula is C29H46O5. The number of carbonyl (C=O) groups excluding carboxylic acids is 3. The Morgan fingerprint density at radius 1 is 1.12 bits per heavy atom. The largest absolute Gasteiger partial charge is 0.469 e. The van der Waals surface area contributed by atoms with Gasteiger partial charge in [-0.1, -0.05) is 41.0 Å². The predicted octanol–water partition coefficient (Wildman–Crippen LogP) is 5.84. The second-order valence-electron chi connectivity index (χ2n) is 12.8. The summed E-state index contributed by atoms with van der Waals surface area (Å²) in [4.78, 5) is 38.5. The Bertz CT molecular complexity index is 821. The van der Waals surface area contributed by atoms with Crippen LogP contribution in [0, 0.1) is 58.2 Å². The van der Waals surface area contributed by atoms with Crippen molar-refractivity contribution in [2.45, 2.75) is 99.0 Å². The van der Waals surface area contributed by atoms with Crippen LogP contribution in [0.5, 0.6) is 0 Å². The summed E-state index contributed by atoms with van der Waals surface area (Å²) in [6.07, 6.45) is 7.34. The summed E-state index contributed by atoms with van der Waals surface area (Å²) in [5.41, 5.74) is -0.336. The highest BCUT2D eigenvalue weighted by atomic mass is 16.5. The number of hydrogen-bond donors (Lipinski definition) is 0. The molecule has 4 aliphatic carbocycles. The fraction of sp³-hybridized carbons (Fsp3) is 0.897. The molecule has 0 bridgehead atoms. The van der Waals surface area contributed by atoms with E-state index in [1.807, 2.05) is 0 Å². The smallest absolute Gasteiger partial charge is 0.305 e. The zero-order valence-corrected chi connectivity index (χ0v) is 22.4. The Kier molecular flexibility index (Phi) is 6.98. The van der Waals surface area contributed by atoms with Gasteiger partial charge in [-0.15, -0.1) is 0 Å². The third-order valence-corrected chi connectivity index (χ3v) is 11.3. The molecule has 5 heteroatoms. The minimum absolute atomic E-state index is 0.0968. The number of rotatable bonds is 5. The number of Topliss-reactive ketones (excluding diaryl/α,β-unsaturated/α-hetero) is 1. The van der Waals surface area contributed by atoms with Crippen LogP contribution in [0.4, 0.5) is 0 Å². The summed E-state index contributed by atoms with van der Waals surface area (Å²) in [5.74, 6) is 2.49. The number of ketones is 1. The first-order valence-corrected chi connectivity index (χ1v) is 13.8. The van der Waals surface area contributed by atoms with Gasteiger partial charge < -0.3 is 9.47 Å². The molecule has 4 saturated carbocycles. The highest BCUT2D eigenvalue weighted by Gasteiger charge is 2.68. The highest BCUT2D eigenvalue weighted by Crippen LogP contribution is 2.69. The van der Waals surface area contributed by atoms with Crippen LogP contribution in [0.3, 0.4) is 0 Å². The van der Waals surface area contributed by atoms with Gasteiger partial charge in [-0.05, 0) is 78.9 Å². The van der Waals surface area contributed by atoms with E-state index in [9.17, 15) is 14.4 Å². The normalized spacial score (nSPS) is 46.6. The van der Waals surface area contributed by atoms with E-state index in [1.165, 1.54) is 26.4 Å². The van der Waals surface area contributed by atoms with Crippen LogP contribution in [-0.2, 0) is 23.9 Å². The third-order valence-electron chi connectivity index (χ3n) is 11.3. The summed E-state index contributed by atoms with van der Waals surface area (Å²) in [7, 11) is 1.43. The molecule has 0 aromatic rings. The maximum Gasteiger partial charge on any atom is 0.305 e. The number of carbonyl (C=O) groups is 3. The average Bonchev–Trinajstić information content (AvgIpc) is 3.14. The SMILES string of the molecule is CC[C@H]1[C@@H](OC(C)=O)C2C3CC[C@H]([C@H](C)CC(=O)OC)[C@@]3(C)C(=O)CC2[C@@]2(C)CC[C@@H](C)C[C@@H]12. The number of methoxy groups -OCH3 is 1. The van der Waals surface area contributed by atoms with Crippen LogP contribution in [0.15, 0.2) is 0 Å². The first-order chi connectivity index (χ1) is 16.0. The van der Waals surface area contributed by atoms with Gasteiger partial charge in [-0.25, -0.2) is 0 Å².